The second-order valence-corrected chi connectivity index (χ2v) is 8.67. The number of benzene rings is 1. The summed E-state index contributed by atoms with van der Waals surface area (Å²) >= 11 is 8.90. The molecular formula is C19H17ClN4O2S2. The van der Waals surface area contributed by atoms with Gasteiger partial charge in [0.15, 0.2) is 5.13 Å². The minimum atomic E-state index is -0.148. The zero-order valence-electron chi connectivity index (χ0n) is 14.8. The largest absolute Gasteiger partial charge is 0.325 e. The normalized spacial score (nSPS) is 13.8. The van der Waals surface area contributed by atoms with Gasteiger partial charge in [0, 0.05) is 40.5 Å². The monoisotopic (exact) mass is 432 g/mol. The summed E-state index contributed by atoms with van der Waals surface area (Å²) in [5, 5.41) is 10.6. The predicted octanol–water partition coefficient (Wildman–Crippen LogP) is 4.11. The quantitative estimate of drug-likeness (QED) is 0.636. The molecule has 0 aliphatic carbocycles. The summed E-state index contributed by atoms with van der Waals surface area (Å²) in [6.07, 6.45) is 0.755. The number of aromatic nitrogens is 1. The summed E-state index contributed by atoms with van der Waals surface area (Å²) in [7, 11) is 0. The lowest BCUT2D eigenvalue weighted by Gasteiger charge is -2.25. The first-order valence-electron chi connectivity index (χ1n) is 8.67. The van der Waals surface area contributed by atoms with Gasteiger partial charge >= 0.3 is 0 Å². The molecule has 0 atom stereocenters. The van der Waals surface area contributed by atoms with E-state index in [0.29, 0.717) is 34.5 Å². The summed E-state index contributed by atoms with van der Waals surface area (Å²) in [6, 6.07) is 8.88. The fourth-order valence-corrected chi connectivity index (χ4v) is 4.84. The highest BCUT2D eigenvalue weighted by Gasteiger charge is 2.23. The van der Waals surface area contributed by atoms with Crippen LogP contribution in [0.3, 0.4) is 0 Å². The van der Waals surface area contributed by atoms with Crippen LogP contribution in [-0.2, 0) is 17.8 Å². The SMILES string of the molecule is O=C(CN1CCc2nc(NC(=O)c3ccsc3)sc2C1)Nc1cccc(Cl)c1. The first-order chi connectivity index (χ1) is 13.6. The Bertz CT molecular complexity index is 1000. The van der Waals surface area contributed by atoms with E-state index in [9.17, 15) is 9.59 Å². The van der Waals surface area contributed by atoms with E-state index in [-0.39, 0.29) is 11.8 Å². The van der Waals surface area contributed by atoms with Crippen molar-refractivity contribution in [1.29, 1.82) is 0 Å². The van der Waals surface area contributed by atoms with Gasteiger partial charge in [-0.25, -0.2) is 4.98 Å². The van der Waals surface area contributed by atoms with Crippen LogP contribution < -0.4 is 10.6 Å². The highest BCUT2D eigenvalue weighted by molar-refractivity contribution is 7.16. The summed E-state index contributed by atoms with van der Waals surface area (Å²) in [5.74, 6) is -0.230. The second kappa shape index (κ2) is 8.40. The maximum absolute atomic E-state index is 12.3. The van der Waals surface area contributed by atoms with Crippen molar-refractivity contribution in [3.63, 3.8) is 0 Å². The minimum Gasteiger partial charge on any atom is -0.325 e. The molecule has 3 aromatic rings. The van der Waals surface area contributed by atoms with Crippen molar-refractivity contribution in [2.24, 2.45) is 0 Å². The molecule has 4 rings (SSSR count). The average molecular weight is 433 g/mol. The maximum Gasteiger partial charge on any atom is 0.258 e. The average Bonchev–Trinajstić information content (AvgIpc) is 3.30. The standard InChI is InChI=1S/C19H17ClN4O2S2/c20-13-2-1-3-14(8-13)21-17(25)10-24-6-4-15-16(9-24)28-19(22-15)23-18(26)12-5-7-27-11-12/h1-3,5,7-8,11H,4,6,9-10H2,(H,21,25)(H,22,23,26). The van der Waals surface area contributed by atoms with Gasteiger partial charge in [-0.15, -0.1) is 11.3 Å². The Morgan fingerprint density at radius 3 is 2.93 bits per heavy atom. The molecule has 2 aromatic heterocycles. The Morgan fingerprint density at radius 1 is 1.25 bits per heavy atom. The molecule has 0 spiro atoms. The van der Waals surface area contributed by atoms with E-state index in [1.807, 2.05) is 16.8 Å². The number of amides is 2. The Morgan fingerprint density at radius 2 is 2.14 bits per heavy atom. The third kappa shape index (κ3) is 4.59. The number of carbonyl (C=O) groups excluding carboxylic acids is 2. The van der Waals surface area contributed by atoms with Crippen molar-refractivity contribution in [2.45, 2.75) is 13.0 Å². The minimum absolute atomic E-state index is 0.0822. The number of anilines is 2. The number of thiophene rings is 1. The number of rotatable bonds is 5. The van der Waals surface area contributed by atoms with Crippen LogP contribution >= 0.6 is 34.3 Å². The van der Waals surface area contributed by atoms with Crippen LogP contribution in [0.5, 0.6) is 0 Å². The van der Waals surface area contributed by atoms with Crippen molar-refractivity contribution in [1.82, 2.24) is 9.88 Å². The molecule has 3 heterocycles. The van der Waals surface area contributed by atoms with Crippen LogP contribution in [-0.4, -0.2) is 34.8 Å². The Hall–Kier alpha value is -2.26. The lowest BCUT2D eigenvalue weighted by atomic mass is 10.2. The number of carbonyl (C=O) groups is 2. The zero-order chi connectivity index (χ0) is 19.5. The molecule has 1 aliphatic rings. The summed E-state index contributed by atoms with van der Waals surface area (Å²) in [6.45, 7) is 1.68. The van der Waals surface area contributed by atoms with Gasteiger partial charge in [0.05, 0.1) is 17.8 Å². The topological polar surface area (TPSA) is 74.3 Å². The van der Waals surface area contributed by atoms with Crippen molar-refractivity contribution in [3.8, 4) is 0 Å². The van der Waals surface area contributed by atoms with E-state index in [1.165, 1.54) is 22.7 Å². The number of halogens is 1. The van der Waals surface area contributed by atoms with Crippen LogP contribution in [0.4, 0.5) is 10.8 Å². The zero-order valence-corrected chi connectivity index (χ0v) is 17.2. The molecule has 0 bridgehead atoms. The van der Waals surface area contributed by atoms with Crippen molar-refractivity contribution in [3.05, 3.63) is 62.2 Å². The van der Waals surface area contributed by atoms with Crippen LogP contribution in [0.2, 0.25) is 5.02 Å². The summed E-state index contributed by atoms with van der Waals surface area (Å²) < 4.78 is 0. The molecule has 144 valence electrons. The molecule has 2 N–H and O–H groups in total. The molecule has 1 aliphatic heterocycles. The van der Waals surface area contributed by atoms with Gasteiger partial charge in [0.1, 0.15) is 0 Å². The third-order valence-corrected chi connectivity index (χ3v) is 6.21. The molecule has 0 radical (unpaired) electrons. The molecule has 6 nitrogen and oxygen atoms in total. The van der Waals surface area contributed by atoms with Crippen LogP contribution in [0.25, 0.3) is 0 Å². The van der Waals surface area contributed by atoms with Gasteiger partial charge in [-0.05, 0) is 29.6 Å². The van der Waals surface area contributed by atoms with Crippen molar-refractivity contribution in [2.75, 3.05) is 23.7 Å². The molecule has 0 saturated carbocycles. The van der Waals surface area contributed by atoms with Crippen molar-refractivity contribution >= 4 is 56.9 Å². The van der Waals surface area contributed by atoms with Crippen LogP contribution in [0.15, 0.2) is 41.1 Å². The Kier molecular flexibility index (Phi) is 5.72. The van der Waals surface area contributed by atoms with Gasteiger partial charge < -0.3 is 5.32 Å². The highest BCUT2D eigenvalue weighted by atomic mass is 35.5. The highest BCUT2D eigenvalue weighted by Crippen LogP contribution is 2.28. The van der Waals surface area contributed by atoms with E-state index < -0.39 is 0 Å². The second-order valence-electron chi connectivity index (χ2n) is 6.37. The van der Waals surface area contributed by atoms with E-state index >= 15 is 0 Å². The molecule has 28 heavy (non-hydrogen) atoms. The van der Waals surface area contributed by atoms with E-state index in [2.05, 4.69) is 20.5 Å². The number of hydrogen-bond donors (Lipinski definition) is 2. The lowest BCUT2D eigenvalue weighted by Crippen LogP contribution is -2.36. The smallest absolute Gasteiger partial charge is 0.258 e. The Balaban J connectivity index is 1.35. The van der Waals surface area contributed by atoms with Gasteiger partial charge in [0.2, 0.25) is 5.91 Å². The number of hydrogen-bond acceptors (Lipinski definition) is 6. The molecule has 1 aromatic carbocycles. The fraction of sp³-hybridized carbons (Fsp3) is 0.211. The molecule has 0 fully saturated rings. The summed E-state index contributed by atoms with van der Waals surface area (Å²) in [4.78, 5) is 32.2. The number of thiazole rings is 1. The first-order valence-corrected chi connectivity index (χ1v) is 10.8. The number of fused-ring (bicyclic) bond motifs is 1. The number of nitrogens with one attached hydrogen (secondary N) is 2. The van der Waals surface area contributed by atoms with Crippen LogP contribution in [0, 0.1) is 0 Å². The fourth-order valence-electron chi connectivity index (χ4n) is 2.97. The number of nitrogens with zero attached hydrogens (tertiary/aromatic N) is 2. The van der Waals surface area contributed by atoms with Gasteiger partial charge in [-0.2, -0.15) is 11.3 Å². The molecule has 2 amide bonds. The third-order valence-electron chi connectivity index (χ3n) is 4.29. The predicted molar refractivity (Wildman–Crippen MR) is 113 cm³/mol. The van der Waals surface area contributed by atoms with Crippen molar-refractivity contribution < 1.29 is 9.59 Å². The van der Waals surface area contributed by atoms with E-state index in [0.717, 1.165) is 23.5 Å². The molecule has 0 unspecified atom stereocenters. The van der Waals surface area contributed by atoms with Gasteiger partial charge in [-0.3, -0.25) is 19.8 Å². The maximum atomic E-state index is 12.3. The molecule has 0 saturated heterocycles. The first kappa shape index (κ1) is 19.1. The molecule has 9 heteroatoms. The lowest BCUT2D eigenvalue weighted by molar-refractivity contribution is -0.117. The van der Waals surface area contributed by atoms with Gasteiger partial charge in [-0.1, -0.05) is 17.7 Å². The molecular weight excluding hydrogens is 416 g/mol. The van der Waals surface area contributed by atoms with E-state index in [4.69, 9.17) is 11.6 Å². The van der Waals surface area contributed by atoms with Gasteiger partial charge in [0.25, 0.3) is 5.91 Å². The van der Waals surface area contributed by atoms with E-state index in [1.54, 1.807) is 24.3 Å². The summed E-state index contributed by atoms with van der Waals surface area (Å²) in [5.41, 5.74) is 2.32. The Labute approximate surface area is 175 Å². The van der Waals surface area contributed by atoms with Crippen LogP contribution in [0.1, 0.15) is 20.9 Å².